The molecule has 3 aliphatic rings. The van der Waals surface area contributed by atoms with E-state index in [4.69, 9.17) is 24.1 Å². The molecular weight excluding hydrogens is 463 g/mol. The first kappa shape index (κ1) is 25.6. The highest BCUT2D eigenvalue weighted by Gasteiger charge is 2.51. The maximum absolute atomic E-state index is 12.8. The number of hydrogen-bond acceptors (Lipinski definition) is 7. The molecule has 2 N–H and O–H groups in total. The molecule has 1 aromatic rings. The number of benzene rings is 1. The van der Waals surface area contributed by atoms with Crippen LogP contribution in [0, 0.1) is 0 Å². The third kappa shape index (κ3) is 5.70. The highest BCUT2D eigenvalue weighted by Crippen LogP contribution is 2.34. The van der Waals surface area contributed by atoms with E-state index in [1.54, 1.807) is 30.1 Å². The Morgan fingerprint density at radius 3 is 2.29 bits per heavy atom. The maximum Gasteiger partial charge on any atom is 0.490 e. The van der Waals surface area contributed by atoms with E-state index in [1.165, 1.54) is 0 Å². The summed E-state index contributed by atoms with van der Waals surface area (Å²) in [6, 6.07) is 5.04. The number of hydrogen-bond donors (Lipinski definition) is 2. The van der Waals surface area contributed by atoms with Crippen LogP contribution in [0.5, 0.6) is 11.5 Å². The number of rotatable bonds is 2. The highest BCUT2D eigenvalue weighted by molar-refractivity contribution is 5.95. The van der Waals surface area contributed by atoms with Crippen molar-refractivity contribution in [3.05, 3.63) is 23.8 Å². The number of nitrogens with one attached hydrogen (secondary N) is 1. The van der Waals surface area contributed by atoms with E-state index >= 15 is 0 Å². The van der Waals surface area contributed by atoms with Crippen LogP contribution in [0.4, 0.5) is 13.2 Å². The van der Waals surface area contributed by atoms with Crippen LogP contribution in [0.25, 0.3) is 0 Å². The van der Waals surface area contributed by atoms with Gasteiger partial charge in [0, 0.05) is 25.6 Å². The van der Waals surface area contributed by atoms with E-state index < -0.39 is 12.1 Å². The van der Waals surface area contributed by atoms with Crippen LogP contribution in [0.1, 0.15) is 16.8 Å². The minimum atomic E-state index is -5.08. The largest absolute Gasteiger partial charge is 0.490 e. The summed E-state index contributed by atoms with van der Waals surface area (Å²) in [6.45, 7) is 3.20. The molecule has 0 aromatic heterocycles. The van der Waals surface area contributed by atoms with Crippen LogP contribution < -0.4 is 14.8 Å². The number of morpholine rings is 1. The van der Waals surface area contributed by atoms with Crippen molar-refractivity contribution < 1.29 is 46.9 Å². The second-order valence-corrected chi connectivity index (χ2v) is 8.22. The number of likely N-dealkylation sites (tertiary alicyclic amines) is 1. The summed E-state index contributed by atoms with van der Waals surface area (Å²) in [4.78, 5) is 37.4. The number of carbonyl (C=O) groups is 3. The van der Waals surface area contributed by atoms with Gasteiger partial charge in [0.1, 0.15) is 11.6 Å². The minimum Gasteiger partial charge on any atom is -0.490 e. The van der Waals surface area contributed by atoms with Crippen molar-refractivity contribution in [2.75, 3.05) is 53.6 Å². The number of carboxylic acids is 1. The van der Waals surface area contributed by atoms with Crippen LogP contribution in [0.3, 0.4) is 0 Å². The summed E-state index contributed by atoms with van der Waals surface area (Å²) in [7, 11) is 3.54. The van der Waals surface area contributed by atoms with Crippen LogP contribution in [-0.2, 0) is 14.3 Å². The lowest BCUT2D eigenvalue weighted by Crippen LogP contribution is -2.73. The lowest BCUT2D eigenvalue weighted by Gasteiger charge is -2.54. The van der Waals surface area contributed by atoms with Crippen LogP contribution in [0.15, 0.2) is 18.2 Å². The quantitative estimate of drug-likeness (QED) is 0.625. The van der Waals surface area contributed by atoms with Crippen molar-refractivity contribution in [1.82, 2.24) is 15.1 Å². The Hall–Kier alpha value is -3.06. The molecule has 1 atom stereocenters. The van der Waals surface area contributed by atoms with E-state index in [2.05, 4.69) is 5.32 Å². The van der Waals surface area contributed by atoms with Crippen LogP contribution in [-0.4, -0.2) is 104 Å². The molecule has 0 saturated carbocycles. The number of aliphatic carboxylic acids is 1. The number of fused-ring (bicyclic) bond motifs is 1. The monoisotopic (exact) mass is 489 g/mol. The molecule has 4 rings (SSSR count). The first-order valence-electron chi connectivity index (χ1n) is 10.5. The zero-order valence-electron chi connectivity index (χ0n) is 18.7. The molecule has 10 nitrogen and oxygen atoms in total. The van der Waals surface area contributed by atoms with Gasteiger partial charge in [0.15, 0.2) is 11.5 Å². The fraction of sp³-hybridized carbons (Fsp3) is 0.571. The fourth-order valence-corrected chi connectivity index (χ4v) is 3.90. The molecule has 34 heavy (non-hydrogen) atoms. The van der Waals surface area contributed by atoms with Crippen molar-refractivity contribution in [3.8, 4) is 11.5 Å². The van der Waals surface area contributed by atoms with Crippen molar-refractivity contribution in [2.24, 2.45) is 0 Å². The van der Waals surface area contributed by atoms with Crippen molar-refractivity contribution in [1.29, 1.82) is 0 Å². The van der Waals surface area contributed by atoms with Gasteiger partial charge in [-0.25, -0.2) is 4.79 Å². The molecule has 2 saturated heterocycles. The summed E-state index contributed by atoms with van der Waals surface area (Å²) in [6.07, 6.45) is -4.26. The number of carbonyl (C=O) groups excluding carboxylic acids is 2. The number of carboxylic acid groups (broad SMARTS) is 1. The highest BCUT2D eigenvalue weighted by atomic mass is 19.4. The zero-order chi connectivity index (χ0) is 25.1. The topological polar surface area (TPSA) is 118 Å². The lowest BCUT2D eigenvalue weighted by atomic mass is 9.90. The Morgan fingerprint density at radius 2 is 1.74 bits per heavy atom. The third-order valence-corrected chi connectivity index (χ3v) is 5.65. The number of ether oxygens (including phenoxy) is 3. The first-order valence-corrected chi connectivity index (χ1v) is 10.5. The van der Waals surface area contributed by atoms with Gasteiger partial charge in [0.25, 0.3) is 5.91 Å². The SMILES string of the molecule is CNC(=O)C1COC2(CN(C(=O)c3ccc4c(c3)OCCCO4)C2)CN1C.O=C(O)C(F)(F)F. The number of likely N-dealkylation sites (N-methyl/N-ethyl adjacent to an activating group) is 2. The molecule has 0 aliphatic carbocycles. The van der Waals surface area contributed by atoms with E-state index in [9.17, 15) is 22.8 Å². The Labute approximate surface area is 193 Å². The molecule has 13 heteroatoms. The summed E-state index contributed by atoms with van der Waals surface area (Å²) in [5.74, 6) is -1.55. The molecule has 3 aliphatic heterocycles. The zero-order valence-corrected chi connectivity index (χ0v) is 18.7. The number of alkyl halides is 3. The summed E-state index contributed by atoms with van der Waals surface area (Å²) in [5, 5.41) is 9.78. The van der Waals surface area contributed by atoms with Gasteiger partial charge in [-0.15, -0.1) is 0 Å². The number of nitrogens with zero attached hydrogens (tertiary/aromatic N) is 2. The van der Waals surface area contributed by atoms with Gasteiger partial charge in [-0.2, -0.15) is 13.2 Å². The van der Waals surface area contributed by atoms with Crippen LogP contribution >= 0.6 is 0 Å². The average molecular weight is 489 g/mol. The van der Waals surface area contributed by atoms with Crippen molar-refractivity contribution in [2.45, 2.75) is 24.2 Å². The van der Waals surface area contributed by atoms with E-state index in [0.29, 0.717) is 56.5 Å². The second kappa shape index (κ2) is 10.1. The first-order chi connectivity index (χ1) is 16.0. The number of amides is 2. The second-order valence-electron chi connectivity index (χ2n) is 8.22. The summed E-state index contributed by atoms with van der Waals surface area (Å²) in [5.41, 5.74) is 0.196. The molecule has 2 fully saturated rings. The van der Waals surface area contributed by atoms with Gasteiger partial charge in [0.2, 0.25) is 5.91 Å². The third-order valence-electron chi connectivity index (χ3n) is 5.65. The van der Waals surface area contributed by atoms with Crippen molar-refractivity contribution in [3.63, 3.8) is 0 Å². The molecule has 0 bridgehead atoms. The predicted octanol–water partition coefficient (Wildman–Crippen LogP) is 0.752. The lowest BCUT2D eigenvalue weighted by molar-refractivity contribution is -0.192. The molecule has 1 spiro atoms. The van der Waals surface area contributed by atoms with Gasteiger partial charge in [0.05, 0.1) is 32.9 Å². The Kier molecular flexibility index (Phi) is 7.56. The molecule has 1 unspecified atom stereocenters. The minimum absolute atomic E-state index is 0.0454. The van der Waals surface area contributed by atoms with E-state index in [1.807, 2.05) is 11.9 Å². The van der Waals surface area contributed by atoms with Gasteiger partial charge < -0.3 is 29.5 Å². The van der Waals surface area contributed by atoms with E-state index in [0.717, 1.165) is 6.42 Å². The Bertz CT molecular complexity index is 935. The van der Waals surface area contributed by atoms with E-state index in [-0.39, 0.29) is 23.5 Å². The van der Waals surface area contributed by atoms with Gasteiger partial charge in [-0.1, -0.05) is 0 Å². The Balaban J connectivity index is 0.000000406. The van der Waals surface area contributed by atoms with Crippen molar-refractivity contribution >= 4 is 17.8 Å². The molecule has 1 aromatic carbocycles. The fourth-order valence-electron chi connectivity index (χ4n) is 3.90. The van der Waals surface area contributed by atoms with Gasteiger partial charge in [-0.3, -0.25) is 14.5 Å². The Morgan fingerprint density at radius 1 is 1.12 bits per heavy atom. The average Bonchev–Trinajstić information content (AvgIpc) is 3.01. The smallest absolute Gasteiger partial charge is 0.490 e. The number of halogens is 3. The normalized spacial score (nSPS) is 21.4. The molecule has 0 radical (unpaired) electrons. The summed E-state index contributed by atoms with van der Waals surface area (Å²) >= 11 is 0. The molecule has 3 heterocycles. The molecular formula is C21H26F3N3O7. The summed E-state index contributed by atoms with van der Waals surface area (Å²) < 4.78 is 49.0. The molecule has 188 valence electrons. The standard InChI is InChI=1S/C19H25N3O5.C2HF3O2/c1-20-17(23)14-9-27-19(10-21(14)2)11-22(12-19)18(24)13-4-5-15-16(8-13)26-7-3-6-25-15;3-2(4,5)1(6)7/h4-5,8,14H,3,6-7,9-12H2,1-2H3,(H,20,23);(H,6,7). The maximum atomic E-state index is 12.8. The predicted molar refractivity (Wildman–Crippen MR) is 111 cm³/mol. The van der Waals surface area contributed by atoms with Gasteiger partial charge >= 0.3 is 12.1 Å². The van der Waals surface area contributed by atoms with Gasteiger partial charge in [-0.05, 0) is 25.2 Å². The molecule has 2 amide bonds. The van der Waals surface area contributed by atoms with Crippen LogP contribution in [0.2, 0.25) is 0 Å².